The highest BCUT2D eigenvalue weighted by Crippen LogP contribution is 2.90. The molecule has 7 fully saturated rings. The third kappa shape index (κ3) is 2.35. The summed E-state index contributed by atoms with van der Waals surface area (Å²) in [5.41, 5.74) is 1.66. The zero-order valence-corrected chi connectivity index (χ0v) is 23.3. The van der Waals surface area contributed by atoms with Crippen molar-refractivity contribution in [2.45, 2.75) is 130 Å². The van der Waals surface area contributed by atoms with E-state index in [0.717, 1.165) is 31.1 Å². The summed E-state index contributed by atoms with van der Waals surface area (Å²) in [5, 5.41) is 0. The van der Waals surface area contributed by atoms with Gasteiger partial charge in [-0.1, -0.05) is 41.5 Å². The van der Waals surface area contributed by atoms with E-state index in [4.69, 9.17) is 14.2 Å². The Hall–Kier alpha value is -0.610. The second-order valence-corrected chi connectivity index (χ2v) is 15.5. The smallest absolute Gasteiger partial charge is 0.311 e. The Morgan fingerprint density at radius 1 is 0.857 bits per heavy atom. The molecule has 0 N–H and O–H groups in total. The quantitative estimate of drug-likeness (QED) is 0.380. The van der Waals surface area contributed by atoms with Crippen LogP contribution in [0.5, 0.6) is 0 Å². The highest BCUT2D eigenvalue weighted by Gasteiger charge is 2.85. The van der Waals surface area contributed by atoms with E-state index in [1.54, 1.807) is 0 Å². The van der Waals surface area contributed by atoms with E-state index in [0.29, 0.717) is 28.3 Å². The maximum atomic E-state index is 12.4. The van der Waals surface area contributed by atoms with Gasteiger partial charge in [-0.15, -0.1) is 0 Å². The Kier molecular flexibility index (Phi) is 4.37. The van der Waals surface area contributed by atoms with Gasteiger partial charge in [-0.3, -0.25) is 4.79 Å². The van der Waals surface area contributed by atoms with Gasteiger partial charge in [-0.05, 0) is 97.2 Å². The molecule has 5 saturated carbocycles. The predicted molar refractivity (Wildman–Crippen MR) is 134 cm³/mol. The van der Waals surface area contributed by atoms with E-state index in [-0.39, 0.29) is 28.3 Å². The van der Waals surface area contributed by atoms with Gasteiger partial charge < -0.3 is 14.2 Å². The van der Waals surface area contributed by atoms with Crippen molar-refractivity contribution >= 4 is 5.97 Å². The number of hydrogen-bond acceptors (Lipinski definition) is 4. The molecule has 5 aliphatic carbocycles. The second-order valence-electron chi connectivity index (χ2n) is 15.5. The van der Waals surface area contributed by atoms with Crippen LogP contribution in [0.4, 0.5) is 0 Å². The number of methoxy groups -OCH3 is 1. The van der Waals surface area contributed by atoms with Crippen LogP contribution >= 0.6 is 0 Å². The maximum absolute atomic E-state index is 12.4. The maximum Gasteiger partial charge on any atom is 0.311 e. The number of hydrogen-bond donors (Lipinski definition) is 0. The number of carbonyl (C=O) groups excluding carboxylic acids is 1. The van der Waals surface area contributed by atoms with Crippen molar-refractivity contribution in [2.75, 3.05) is 7.11 Å². The van der Waals surface area contributed by atoms with Crippen LogP contribution < -0.4 is 0 Å². The molecule has 4 spiro atoms. The largest absolute Gasteiger partial charge is 0.433 e. The van der Waals surface area contributed by atoms with Crippen molar-refractivity contribution < 1.29 is 19.0 Å². The number of carbonyl (C=O) groups is 1. The zero-order valence-electron chi connectivity index (χ0n) is 23.3. The van der Waals surface area contributed by atoms with Gasteiger partial charge >= 0.3 is 5.97 Å². The molecule has 0 aromatic heterocycles. The molecule has 2 saturated heterocycles. The van der Waals surface area contributed by atoms with E-state index in [9.17, 15) is 4.79 Å². The number of fused-ring (bicyclic) bond motifs is 3. The minimum Gasteiger partial charge on any atom is -0.433 e. The topological polar surface area (TPSA) is 44.8 Å². The molecule has 2 heterocycles. The van der Waals surface area contributed by atoms with E-state index in [1.165, 1.54) is 51.4 Å². The molecule has 0 amide bonds. The lowest BCUT2D eigenvalue weighted by Gasteiger charge is -2.64. The normalized spacial score (nSPS) is 61.8. The Morgan fingerprint density at radius 2 is 1.57 bits per heavy atom. The Morgan fingerprint density at radius 3 is 2.26 bits per heavy atom. The summed E-state index contributed by atoms with van der Waals surface area (Å²) in [6.07, 6.45) is 13.9. The number of esters is 1. The lowest BCUT2D eigenvalue weighted by atomic mass is 9.41. The van der Waals surface area contributed by atoms with Gasteiger partial charge in [0.25, 0.3) is 0 Å². The Bertz CT molecular complexity index is 975. The summed E-state index contributed by atoms with van der Waals surface area (Å²) in [5.74, 6) is 1.27. The molecule has 7 aliphatic rings. The average Bonchev–Trinajstić information content (AvgIpc) is 3.14. The Labute approximate surface area is 212 Å². The molecule has 35 heavy (non-hydrogen) atoms. The number of ether oxygens (including phenoxy) is 3. The van der Waals surface area contributed by atoms with Crippen LogP contribution in [0.1, 0.15) is 112 Å². The highest BCUT2D eigenvalue weighted by molar-refractivity contribution is 5.74. The lowest BCUT2D eigenvalue weighted by molar-refractivity contribution is -0.269. The molecule has 0 bridgehead atoms. The molecule has 7 rings (SSSR count). The summed E-state index contributed by atoms with van der Waals surface area (Å²) in [7, 11) is 1.93. The fourth-order valence-corrected chi connectivity index (χ4v) is 12.9. The first-order valence-corrected chi connectivity index (χ1v) is 14.8. The lowest BCUT2D eigenvalue weighted by Crippen LogP contribution is -2.61. The van der Waals surface area contributed by atoms with Gasteiger partial charge in [0.1, 0.15) is 0 Å². The molecule has 196 valence electrons. The first-order chi connectivity index (χ1) is 16.4. The molecule has 4 nitrogen and oxygen atoms in total. The van der Waals surface area contributed by atoms with Crippen LogP contribution in [0, 0.1) is 50.7 Å². The summed E-state index contributed by atoms with van der Waals surface area (Å²) < 4.78 is 19.2. The molecular weight excluding hydrogens is 436 g/mol. The van der Waals surface area contributed by atoms with Crippen molar-refractivity contribution in [3.8, 4) is 0 Å². The fraction of sp³-hybridized carbons (Fsp3) is 0.968. The van der Waals surface area contributed by atoms with Gasteiger partial charge in [0.2, 0.25) is 5.79 Å². The molecule has 4 heteroatoms. The van der Waals surface area contributed by atoms with Crippen molar-refractivity contribution in [1.82, 2.24) is 0 Å². The van der Waals surface area contributed by atoms with Gasteiger partial charge in [-0.25, -0.2) is 0 Å². The van der Waals surface area contributed by atoms with Crippen molar-refractivity contribution in [2.24, 2.45) is 50.7 Å². The SMILES string of the molecule is COC1CCC23CC24CCC2(C)C(C)(CCC25OC2(CC(C)C(=O)O2)CC5C)C4CCC3C1(C)C. The van der Waals surface area contributed by atoms with E-state index in [2.05, 4.69) is 34.6 Å². The molecule has 0 aromatic carbocycles. The van der Waals surface area contributed by atoms with Crippen LogP contribution in [0.25, 0.3) is 0 Å². The third-order valence-electron chi connectivity index (χ3n) is 14.6. The monoisotopic (exact) mass is 484 g/mol. The third-order valence-corrected chi connectivity index (χ3v) is 14.6. The van der Waals surface area contributed by atoms with Crippen molar-refractivity contribution in [3.05, 3.63) is 0 Å². The standard InChI is InChI=1S/C31H48O4/c1-19-16-30(34-24(19)32)17-20(2)31(35-30)15-12-26(5)22-9-8-21-25(3,4)23(33-7)10-11-28(21)18-29(22,28)14-13-27(26,31)6/h19-23H,8-18H2,1-7H3. The minimum absolute atomic E-state index is 0.0419. The van der Waals surface area contributed by atoms with Gasteiger partial charge in [-0.2, -0.15) is 0 Å². The summed E-state index contributed by atoms with van der Waals surface area (Å²) >= 11 is 0. The molecular formula is C31H48O4. The second kappa shape index (κ2) is 6.50. The molecule has 2 aliphatic heterocycles. The summed E-state index contributed by atoms with van der Waals surface area (Å²) in [4.78, 5) is 12.4. The van der Waals surface area contributed by atoms with Crippen molar-refractivity contribution in [1.29, 1.82) is 0 Å². The van der Waals surface area contributed by atoms with Gasteiger partial charge in [0, 0.05) is 25.4 Å². The molecule has 11 atom stereocenters. The molecule has 0 aromatic rings. The predicted octanol–water partition coefficient (Wildman–Crippen LogP) is 6.90. The first-order valence-electron chi connectivity index (χ1n) is 14.8. The average molecular weight is 485 g/mol. The summed E-state index contributed by atoms with van der Waals surface area (Å²) in [6.45, 7) is 14.7. The van der Waals surface area contributed by atoms with Crippen LogP contribution in [0.3, 0.4) is 0 Å². The van der Waals surface area contributed by atoms with Crippen LogP contribution in [0.2, 0.25) is 0 Å². The molecule has 11 unspecified atom stereocenters. The van der Waals surface area contributed by atoms with E-state index in [1.807, 2.05) is 14.0 Å². The first kappa shape index (κ1) is 23.5. The fourth-order valence-electron chi connectivity index (χ4n) is 12.9. The van der Waals surface area contributed by atoms with Gasteiger partial charge in [0.05, 0.1) is 17.6 Å². The van der Waals surface area contributed by atoms with Crippen LogP contribution in [-0.2, 0) is 19.0 Å². The zero-order chi connectivity index (χ0) is 24.9. The van der Waals surface area contributed by atoms with Crippen molar-refractivity contribution in [3.63, 3.8) is 0 Å². The van der Waals surface area contributed by atoms with Crippen LogP contribution in [-0.4, -0.2) is 30.6 Å². The van der Waals surface area contributed by atoms with E-state index < -0.39 is 5.79 Å². The number of rotatable bonds is 1. The molecule has 0 radical (unpaired) electrons. The summed E-state index contributed by atoms with van der Waals surface area (Å²) in [6, 6.07) is 0. The van der Waals surface area contributed by atoms with E-state index >= 15 is 0 Å². The van der Waals surface area contributed by atoms with Crippen LogP contribution in [0.15, 0.2) is 0 Å². The highest BCUT2D eigenvalue weighted by atomic mass is 16.7. The minimum atomic E-state index is -0.666. The Balaban J connectivity index is 1.24. The van der Waals surface area contributed by atoms with Gasteiger partial charge in [0.15, 0.2) is 0 Å².